The lowest BCUT2D eigenvalue weighted by Gasteiger charge is -2.30. The number of aryl methyl sites for hydroxylation is 1. The molecule has 0 saturated carbocycles. The second-order valence-corrected chi connectivity index (χ2v) is 6.81. The van der Waals surface area contributed by atoms with Gasteiger partial charge in [0.05, 0.1) is 0 Å². The van der Waals surface area contributed by atoms with Crippen molar-refractivity contribution in [2.24, 2.45) is 0 Å². The number of nitrogen functional groups attached to an aromatic ring is 1. The van der Waals surface area contributed by atoms with Crippen molar-refractivity contribution in [1.29, 1.82) is 0 Å². The molecule has 0 aliphatic carbocycles. The second kappa shape index (κ2) is 9.71. The zero-order valence-corrected chi connectivity index (χ0v) is 17.6. The van der Waals surface area contributed by atoms with Crippen LogP contribution >= 0.6 is 24.8 Å². The second-order valence-electron chi connectivity index (χ2n) is 6.81. The number of halogens is 2. The Balaban J connectivity index is 0.00000150. The minimum atomic E-state index is 0. The molecule has 2 N–H and O–H groups in total. The zero-order chi connectivity index (χ0) is 18.8. The third kappa shape index (κ3) is 4.86. The van der Waals surface area contributed by atoms with E-state index < -0.39 is 0 Å². The van der Waals surface area contributed by atoms with E-state index in [0.717, 1.165) is 18.4 Å². The Morgan fingerprint density at radius 2 is 1.93 bits per heavy atom. The Morgan fingerprint density at radius 3 is 2.62 bits per heavy atom. The Bertz CT molecular complexity index is 957. The summed E-state index contributed by atoms with van der Waals surface area (Å²) in [4.78, 5) is 23.4. The molecule has 29 heavy (non-hydrogen) atoms. The number of benzene rings is 1. The molecule has 1 aliphatic rings. The van der Waals surface area contributed by atoms with Gasteiger partial charge in [-0.3, -0.25) is 9.78 Å². The topological polar surface area (TPSA) is 98.1 Å². The number of rotatable bonds is 3. The van der Waals surface area contributed by atoms with Crippen LogP contribution < -0.4 is 5.73 Å². The fourth-order valence-electron chi connectivity index (χ4n) is 3.37. The molecule has 1 amide bonds. The summed E-state index contributed by atoms with van der Waals surface area (Å²) in [6, 6.07) is 11.0. The van der Waals surface area contributed by atoms with Crippen LogP contribution in [0.4, 0.5) is 5.69 Å². The van der Waals surface area contributed by atoms with Crippen molar-refractivity contribution in [3.05, 3.63) is 59.6 Å². The molecule has 1 fully saturated rings. The van der Waals surface area contributed by atoms with E-state index in [-0.39, 0.29) is 36.6 Å². The number of piperidine rings is 1. The van der Waals surface area contributed by atoms with Crippen molar-refractivity contribution in [3.8, 4) is 11.5 Å². The molecule has 4 rings (SSSR count). The highest BCUT2D eigenvalue weighted by atomic mass is 35.5. The van der Waals surface area contributed by atoms with Gasteiger partial charge in [0.2, 0.25) is 11.7 Å². The highest BCUT2D eigenvalue weighted by Crippen LogP contribution is 2.29. The van der Waals surface area contributed by atoms with Crippen molar-refractivity contribution in [2.45, 2.75) is 25.7 Å². The van der Waals surface area contributed by atoms with Crippen LogP contribution in [0, 0.1) is 6.92 Å². The van der Waals surface area contributed by atoms with E-state index in [2.05, 4.69) is 15.1 Å². The molecule has 7 nitrogen and oxygen atoms in total. The predicted octanol–water partition coefficient (Wildman–Crippen LogP) is 3.89. The van der Waals surface area contributed by atoms with Crippen molar-refractivity contribution < 1.29 is 9.32 Å². The number of nitrogens with two attached hydrogens (primary N) is 1. The summed E-state index contributed by atoms with van der Waals surface area (Å²) >= 11 is 0. The van der Waals surface area contributed by atoms with Crippen LogP contribution in [-0.4, -0.2) is 39.0 Å². The number of pyridine rings is 1. The smallest absolute Gasteiger partial charge is 0.254 e. The van der Waals surface area contributed by atoms with Gasteiger partial charge in [-0.05, 0) is 49.6 Å². The van der Waals surface area contributed by atoms with E-state index in [1.807, 2.05) is 42.2 Å². The van der Waals surface area contributed by atoms with E-state index >= 15 is 0 Å². The van der Waals surface area contributed by atoms with Crippen LogP contribution in [0.25, 0.3) is 11.5 Å². The average molecular weight is 436 g/mol. The van der Waals surface area contributed by atoms with Crippen molar-refractivity contribution in [2.75, 3.05) is 18.8 Å². The minimum absolute atomic E-state index is 0. The summed E-state index contributed by atoms with van der Waals surface area (Å²) in [7, 11) is 0. The van der Waals surface area contributed by atoms with E-state index in [0.29, 0.717) is 41.7 Å². The van der Waals surface area contributed by atoms with Gasteiger partial charge < -0.3 is 15.2 Å². The molecule has 0 bridgehead atoms. The maximum atomic E-state index is 12.8. The molecular formula is C20H23Cl2N5O2. The van der Waals surface area contributed by atoms with Gasteiger partial charge in [-0.1, -0.05) is 17.3 Å². The number of carbonyl (C=O) groups excluding carboxylic acids is 1. The molecule has 1 saturated heterocycles. The molecule has 1 aliphatic heterocycles. The van der Waals surface area contributed by atoms with Crippen molar-refractivity contribution >= 4 is 36.4 Å². The number of carbonyl (C=O) groups is 1. The largest absolute Gasteiger partial charge is 0.399 e. The molecule has 154 valence electrons. The molecule has 0 atom stereocenters. The summed E-state index contributed by atoms with van der Waals surface area (Å²) < 4.78 is 5.45. The lowest BCUT2D eigenvalue weighted by molar-refractivity contribution is 0.0704. The molecule has 9 heteroatoms. The van der Waals surface area contributed by atoms with Gasteiger partial charge in [0.15, 0.2) is 0 Å². The Hall–Kier alpha value is -2.64. The highest BCUT2D eigenvalue weighted by Gasteiger charge is 2.28. The summed E-state index contributed by atoms with van der Waals surface area (Å²) in [5.41, 5.74) is 8.74. The van der Waals surface area contributed by atoms with Gasteiger partial charge in [-0.25, -0.2) is 0 Å². The van der Waals surface area contributed by atoms with Crippen molar-refractivity contribution in [3.63, 3.8) is 0 Å². The molecule has 2 aromatic heterocycles. The van der Waals surface area contributed by atoms with Crippen LogP contribution in [0.5, 0.6) is 0 Å². The van der Waals surface area contributed by atoms with Gasteiger partial charge in [0, 0.05) is 36.5 Å². The molecule has 0 radical (unpaired) electrons. The Kier molecular flexibility index (Phi) is 7.59. The third-order valence-electron chi connectivity index (χ3n) is 4.96. The van der Waals surface area contributed by atoms with Gasteiger partial charge in [-0.2, -0.15) is 4.98 Å². The first-order chi connectivity index (χ1) is 13.1. The maximum Gasteiger partial charge on any atom is 0.254 e. The standard InChI is InChI=1S/C20H21N5O2.2ClH/c1-13-5-6-15(21)12-16(13)20(26)25-10-7-14(8-11-25)19-23-18(24-27-19)17-4-2-3-9-22-17;;/h2-6,9,12,14H,7-8,10-11,21H2,1H3;2*1H. The normalized spacial score (nSPS) is 14.0. The van der Waals surface area contributed by atoms with Crippen molar-refractivity contribution in [1.82, 2.24) is 20.0 Å². The number of hydrogen-bond acceptors (Lipinski definition) is 6. The summed E-state index contributed by atoms with van der Waals surface area (Å²) in [5.74, 6) is 1.29. The van der Waals surface area contributed by atoms with Gasteiger partial charge >= 0.3 is 0 Å². The lowest BCUT2D eigenvalue weighted by atomic mass is 9.95. The Labute approximate surface area is 181 Å². The number of anilines is 1. The van der Waals surface area contributed by atoms with Gasteiger partial charge in [0.1, 0.15) is 5.69 Å². The van der Waals surface area contributed by atoms with E-state index in [9.17, 15) is 4.79 Å². The Morgan fingerprint density at radius 1 is 1.17 bits per heavy atom. The van der Waals surface area contributed by atoms with Gasteiger partial charge in [-0.15, -0.1) is 24.8 Å². The summed E-state index contributed by atoms with van der Waals surface area (Å²) in [6.45, 7) is 3.23. The van der Waals surface area contributed by atoms with Crippen LogP contribution in [0.2, 0.25) is 0 Å². The fourth-order valence-corrected chi connectivity index (χ4v) is 3.37. The minimum Gasteiger partial charge on any atom is -0.399 e. The zero-order valence-electron chi connectivity index (χ0n) is 15.9. The van der Waals surface area contributed by atoms with E-state index in [1.54, 1.807) is 12.3 Å². The first kappa shape index (κ1) is 22.6. The molecule has 3 aromatic rings. The predicted molar refractivity (Wildman–Crippen MR) is 115 cm³/mol. The molecule has 0 spiro atoms. The van der Waals surface area contributed by atoms with Gasteiger partial charge in [0.25, 0.3) is 5.91 Å². The summed E-state index contributed by atoms with van der Waals surface area (Å²) in [5, 5.41) is 4.04. The number of hydrogen-bond donors (Lipinski definition) is 1. The average Bonchev–Trinajstić information content (AvgIpc) is 3.20. The molecule has 3 heterocycles. The molecular weight excluding hydrogens is 413 g/mol. The third-order valence-corrected chi connectivity index (χ3v) is 4.96. The highest BCUT2D eigenvalue weighted by molar-refractivity contribution is 5.96. The lowest BCUT2D eigenvalue weighted by Crippen LogP contribution is -2.38. The van der Waals surface area contributed by atoms with Crippen LogP contribution in [-0.2, 0) is 0 Å². The quantitative estimate of drug-likeness (QED) is 0.626. The number of likely N-dealkylation sites (tertiary alicyclic amines) is 1. The first-order valence-electron chi connectivity index (χ1n) is 9.02. The summed E-state index contributed by atoms with van der Waals surface area (Å²) in [6.07, 6.45) is 3.28. The number of amides is 1. The van der Waals surface area contributed by atoms with Crippen LogP contribution in [0.3, 0.4) is 0 Å². The monoisotopic (exact) mass is 435 g/mol. The number of nitrogens with zero attached hydrogens (tertiary/aromatic N) is 4. The number of aromatic nitrogens is 3. The first-order valence-corrected chi connectivity index (χ1v) is 9.02. The van der Waals surface area contributed by atoms with Crippen LogP contribution in [0.15, 0.2) is 47.1 Å². The van der Waals surface area contributed by atoms with E-state index in [1.165, 1.54) is 0 Å². The fraction of sp³-hybridized carbons (Fsp3) is 0.300. The van der Waals surface area contributed by atoms with E-state index in [4.69, 9.17) is 10.3 Å². The maximum absolute atomic E-state index is 12.8. The molecule has 0 unspecified atom stereocenters. The SMILES string of the molecule is Cc1ccc(N)cc1C(=O)N1CCC(c2nc(-c3ccccn3)no2)CC1.Cl.Cl. The van der Waals surface area contributed by atoms with Crippen LogP contribution in [0.1, 0.15) is 40.6 Å². The molecule has 1 aromatic carbocycles.